The van der Waals surface area contributed by atoms with Crippen LogP contribution in [0.3, 0.4) is 0 Å². The van der Waals surface area contributed by atoms with Crippen LogP contribution < -0.4 is 0 Å². The first-order valence-corrected chi connectivity index (χ1v) is 27.5. The van der Waals surface area contributed by atoms with Gasteiger partial charge in [0.1, 0.15) is 13.2 Å². The maximum absolute atomic E-state index is 12.8. The topological polar surface area (TPSA) is 78.9 Å². The van der Waals surface area contributed by atoms with Crippen molar-refractivity contribution in [2.75, 3.05) is 13.2 Å². The van der Waals surface area contributed by atoms with E-state index in [-0.39, 0.29) is 31.1 Å². The lowest BCUT2D eigenvalue weighted by molar-refractivity contribution is -0.167. The molecule has 0 aliphatic carbocycles. The van der Waals surface area contributed by atoms with Crippen LogP contribution in [-0.2, 0) is 28.6 Å². The zero-order valence-electron chi connectivity index (χ0n) is 42.1. The molecule has 63 heavy (non-hydrogen) atoms. The maximum Gasteiger partial charge on any atom is 0.306 e. The molecule has 0 aromatic heterocycles. The second kappa shape index (κ2) is 52.3. The van der Waals surface area contributed by atoms with Gasteiger partial charge in [0, 0.05) is 19.3 Å². The Kier molecular flexibility index (Phi) is 50.3. The molecular formula is C57H104O6. The van der Waals surface area contributed by atoms with Gasteiger partial charge in [0.2, 0.25) is 0 Å². The Bertz CT molecular complexity index is 1060. The van der Waals surface area contributed by atoms with E-state index in [9.17, 15) is 14.4 Å². The zero-order valence-corrected chi connectivity index (χ0v) is 42.1. The van der Waals surface area contributed by atoms with E-state index in [0.29, 0.717) is 19.3 Å². The summed E-state index contributed by atoms with van der Waals surface area (Å²) in [7, 11) is 0. The first-order chi connectivity index (χ1) is 31.0. The SMILES string of the molecule is CCCC/C=C\CCCCCCCC(=O)OCC(COC(=O)CCCCCCCCCCCCCCCCCCCC)OC(=O)CCCCC/C=C\C=C/CCCCCCCCC. The highest BCUT2D eigenvalue weighted by Gasteiger charge is 2.19. The number of carbonyl (C=O) groups excluding carboxylic acids is 3. The first kappa shape index (κ1) is 60.6. The monoisotopic (exact) mass is 885 g/mol. The minimum Gasteiger partial charge on any atom is -0.462 e. The second-order valence-electron chi connectivity index (χ2n) is 18.5. The Morgan fingerprint density at radius 1 is 0.317 bits per heavy atom. The largest absolute Gasteiger partial charge is 0.462 e. The first-order valence-electron chi connectivity index (χ1n) is 27.5. The summed E-state index contributed by atoms with van der Waals surface area (Å²) in [6.45, 7) is 6.60. The summed E-state index contributed by atoms with van der Waals surface area (Å²) in [5, 5.41) is 0. The van der Waals surface area contributed by atoms with Gasteiger partial charge in [0.25, 0.3) is 0 Å². The third-order valence-corrected chi connectivity index (χ3v) is 12.1. The Hall–Kier alpha value is -2.37. The van der Waals surface area contributed by atoms with Gasteiger partial charge in [-0.3, -0.25) is 14.4 Å². The molecule has 0 bridgehead atoms. The number of carbonyl (C=O) groups is 3. The van der Waals surface area contributed by atoms with Gasteiger partial charge in [-0.25, -0.2) is 0 Å². The van der Waals surface area contributed by atoms with Crippen molar-refractivity contribution in [2.24, 2.45) is 0 Å². The van der Waals surface area contributed by atoms with E-state index in [2.05, 4.69) is 57.2 Å². The smallest absolute Gasteiger partial charge is 0.306 e. The predicted octanol–water partition coefficient (Wildman–Crippen LogP) is 18.1. The molecule has 0 heterocycles. The number of unbranched alkanes of at least 4 members (excludes halogenated alkanes) is 34. The van der Waals surface area contributed by atoms with Gasteiger partial charge < -0.3 is 14.2 Å². The van der Waals surface area contributed by atoms with Crippen LogP contribution >= 0.6 is 0 Å². The minimum absolute atomic E-state index is 0.0823. The summed E-state index contributed by atoms with van der Waals surface area (Å²) in [4.78, 5) is 38.0. The average Bonchev–Trinajstić information content (AvgIpc) is 3.28. The fraction of sp³-hybridized carbons (Fsp3) is 0.842. The molecule has 0 aromatic carbocycles. The van der Waals surface area contributed by atoms with Crippen molar-refractivity contribution in [3.05, 3.63) is 36.5 Å². The Balaban J connectivity index is 4.35. The summed E-state index contributed by atoms with van der Waals surface area (Å²) in [6.07, 6.45) is 61.4. The molecule has 6 heteroatoms. The molecular weight excluding hydrogens is 781 g/mol. The zero-order chi connectivity index (χ0) is 45.8. The van der Waals surface area contributed by atoms with Gasteiger partial charge in [-0.2, -0.15) is 0 Å². The van der Waals surface area contributed by atoms with E-state index in [4.69, 9.17) is 14.2 Å². The van der Waals surface area contributed by atoms with Gasteiger partial charge >= 0.3 is 17.9 Å². The van der Waals surface area contributed by atoms with Crippen molar-refractivity contribution in [1.82, 2.24) is 0 Å². The van der Waals surface area contributed by atoms with Crippen molar-refractivity contribution >= 4 is 17.9 Å². The molecule has 0 fully saturated rings. The third kappa shape index (κ3) is 50.5. The lowest BCUT2D eigenvalue weighted by Gasteiger charge is -2.18. The van der Waals surface area contributed by atoms with E-state index < -0.39 is 6.10 Å². The molecule has 0 saturated heterocycles. The van der Waals surface area contributed by atoms with Crippen LogP contribution in [0.2, 0.25) is 0 Å². The average molecular weight is 885 g/mol. The Morgan fingerprint density at radius 2 is 0.587 bits per heavy atom. The van der Waals surface area contributed by atoms with Crippen molar-refractivity contribution < 1.29 is 28.6 Å². The maximum atomic E-state index is 12.8. The lowest BCUT2D eigenvalue weighted by Crippen LogP contribution is -2.30. The number of ether oxygens (including phenoxy) is 3. The molecule has 0 aliphatic heterocycles. The summed E-state index contributed by atoms with van der Waals surface area (Å²) in [5.41, 5.74) is 0. The van der Waals surface area contributed by atoms with E-state index >= 15 is 0 Å². The van der Waals surface area contributed by atoms with E-state index in [1.54, 1.807) is 0 Å². The Labute approximate surface area is 391 Å². The van der Waals surface area contributed by atoms with Crippen molar-refractivity contribution in [2.45, 2.75) is 297 Å². The van der Waals surface area contributed by atoms with Gasteiger partial charge in [-0.1, -0.05) is 243 Å². The molecule has 0 saturated carbocycles. The van der Waals surface area contributed by atoms with Crippen molar-refractivity contribution in [3.8, 4) is 0 Å². The molecule has 6 nitrogen and oxygen atoms in total. The molecule has 0 amide bonds. The van der Waals surface area contributed by atoms with Crippen molar-refractivity contribution in [3.63, 3.8) is 0 Å². The van der Waals surface area contributed by atoms with Gasteiger partial charge in [-0.15, -0.1) is 0 Å². The predicted molar refractivity (Wildman–Crippen MR) is 270 cm³/mol. The summed E-state index contributed by atoms with van der Waals surface area (Å²) < 4.78 is 16.8. The van der Waals surface area contributed by atoms with Gasteiger partial charge in [0.05, 0.1) is 0 Å². The molecule has 1 atom stereocenters. The van der Waals surface area contributed by atoms with Crippen LogP contribution in [0.1, 0.15) is 290 Å². The van der Waals surface area contributed by atoms with Crippen LogP contribution in [0.5, 0.6) is 0 Å². The van der Waals surface area contributed by atoms with E-state index in [1.165, 1.54) is 173 Å². The standard InChI is InChI=1S/C57H104O6/c1-4-7-10-13-16-19-22-24-26-28-29-31-32-35-38-41-44-47-50-56(59)62-53-54(52-61-55(58)49-46-43-40-37-34-21-18-15-12-9-6-3)63-57(60)51-48-45-42-39-36-33-30-27-25-23-20-17-14-11-8-5-2/h15,18,27,30,33,36,54H,4-14,16-17,19-26,28-29,31-32,34-35,37-53H2,1-3H3/b18-15-,30-27-,36-33-. The molecule has 0 spiro atoms. The number of rotatable bonds is 50. The molecule has 0 rings (SSSR count). The summed E-state index contributed by atoms with van der Waals surface area (Å²) >= 11 is 0. The number of hydrogen-bond donors (Lipinski definition) is 0. The Morgan fingerprint density at radius 3 is 0.952 bits per heavy atom. The van der Waals surface area contributed by atoms with Crippen LogP contribution in [-0.4, -0.2) is 37.2 Å². The molecule has 0 aromatic rings. The highest BCUT2D eigenvalue weighted by molar-refractivity contribution is 5.71. The quantitative estimate of drug-likeness (QED) is 0.0199. The van der Waals surface area contributed by atoms with Crippen LogP contribution in [0.25, 0.3) is 0 Å². The van der Waals surface area contributed by atoms with E-state index in [0.717, 1.165) is 77.0 Å². The molecule has 1 unspecified atom stereocenters. The third-order valence-electron chi connectivity index (χ3n) is 12.1. The van der Waals surface area contributed by atoms with Crippen LogP contribution in [0, 0.1) is 0 Å². The molecule has 368 valence electrons. The molecule has 0 aliphatic rings. The summed E-state index contributed by atoms with van der Waals surface area (Å²) in [6, 6.07) is 0. The number of allylic oxidation sites excluding steroid dienone is 6. The minimum atomic E-state index is -0.785. The van der Waals surface area contributed by atoms with Crippen molar-refractivity contribution in [1.29, 1.82) is 0 Å². The van der Waals surface area contributed by atoms with Gasteiger partial charge in [-0.05, 0) is 64.2 Å². The number of esters is 3. The summed E-state index contributed by atoms with van der Waals surface area (Å²) in [5.74, 6) is -0.906. The van der Waals surface area contributed by atoms with Crippen LogP contribution in [0.4, 0.5) is 0 Å². The van der Waals surface area contributed by atoms with Gasteiger partial charge in [0.15, 0.2) is 6.10 Å². The molecule has 0 radical (unpaired) electrons. The highest BCUT2D eigenvalue weighted by Crippen LogP contribution is 2.16. The fourth-order valence-corrected chi connectivity index (χ4v) is 7.94. The van der Waals surface area contributed by atoms with Crippen LogP contribution in [0.15, 0.2) is 36.5 Å². The second-order valence-corrected chi connectivity index (χ2v) is 18.5. The van der Waals surface area contributed by atoms with E-state index in [1.807, 2.05) is 0 Å². The highest BCUT2D eigenvalue weighted by atomic mass is 16.6. The normalized spacial score (nSPS) is 12.2. The molecule has 0 N–H and O–H groups in total. The number of hydrogen-bond acceptors (Lipinski definition) is 6. The lowest BCUT2D eigenvalue weighted by atomic mass is 10.0. The fourth-order valence-electron chi connectivity index (χ4n) is 7.94.